The molecular formula is C25H20ClNO3. The van der Waals surface area contributed by atoms with Gasteiger partial charge in [-0.2, -0.15) is 5.26 Å². The third-order valence-corrected chi connectivity index (χ3v) is 4.53. The number of esters is 1. The molecule has 0 amide bonds. The first-order valence-corrected chi connectivity index (χ1v) is 9.85. The van der Waals surface area contributed by atoms with E-state index >= 15 is 0 Å². The number of ether oxygens (including phenoxy) is 2. The number of halogens is 1. The quantitative estimate of drug-likeness (QED) is 0.206. The first-order chi connectivity index (χ1) is 14.6. The number of hydrogen-bond donors (Lipinski definition) is 0. The summed E-state index contributed by atoms with van der Waals surface area (Å²) in [6.07, 6.45) is 1.94. The Balaban J connectivity index is 1.62. The molecule has 0 unspecified atom stereocenters. The largest absolute Gasteiger partial charge is 0.494 e. The molecule has 4 nitrogen and oxygen atoms in total. The van der Waals surface area contributed by atoms with Crippen molar-refractivity contribution in [1.82, 2.24) is 0 Å². The lowest BCUT2D eigenvalue weighted by Crippen LogP contribution is -2.11. The molecular weight excluding hydrogens is 398 g/mol. The summed E-state index contributed by atoms with van der Waals surface area (Å²) in [4.78, 5) is 12.2. The summed E-state index contributed by atoms with van der Waals surface area (Å²) >= 11 is 5.90. The minimum Gasteiger partial charge on any atom is -0.494 e. The van der Waals surface area contributed by atoms with Gasteiger partial charge in [0.05, 0.1) is 24.7 Å². The third kappa shape index (κ3) is 5.97. The average molecular weight is 418 g/mol. The van der Waals surface area contributed by atoms with Crippen LogP contribution in [0, 0.1) is 11.3 Å². The number of carbonyl (C=O) groups excluding carboxylic acids is 1. The van der Waals surface area contributed by atoms with Crippen molar-refractivity contribution in [1.29, 1.82) is 5.26 Å². The highest BCUT2D eigenvalue weighted by Gasteiger charge is 2.07. The summed E-state index contributed by atoms with van der Waals surface area (Å²) in [5, 5.41) is 10.1. The minimum atomic E-state index is -0.346. The molecule has 30 heavy (non-hydrogen) atoms. The molecule has 0 heterocycles. The van der Waals surface area contributed by atoms with E-state index in [0.29, 0.717) is 23.0 Å². The van der Waals surface area contributed by atoms with Gasteiger partial charge in [-0.3, -0.25) is 4.79 Å². The SMILES string of the molecule is CCOc1ccc(CC(=O)Oc2ccc(/C=C(/C#N)c3ccc(Cl)cc3)cc2)cc1. The Bertz CT molecular complexity index is 1060. The van der Waals surface area contributed by atoms with Crippen molar-refractivity contribution < 1.29 is 14.3 Å². The topological polar surface area (TPSA) is 59.3 Å². The second kappa shape index (κ2) is 10.3. The van der Waals surface area contributed by atoms with Crippen molar-refractivity contribution in [3.05, 3.63) is 94.5 Å². The van der Waals surface area contributed by atoms with Crippen LogP contribution in [0.5, 0.6) is 11.5 Å². The van der Waals surface area contributed by atoms with Gasteiger partial charge < -0.3 is 9.47 Å². The zero-order valence-electron chi connectivity index (χ0n) is 16.5. The van der Waals surface area contributed by atoms with E-state index in [0.717, 1.165) is 22.4 Å². The molecule has 0 aliphatic rings. The van der Waals surface area contributed by atoms with E-state index in [1.165, 1.54) is 0 Å². The summed E-state index contributed by atoms with van der Waals surface area (Å²) in [6.45, 7) is 2.52. The van der Waals surface area contributed by atoms with E-state index in [9.17, 15) is 10.1 Å². The molecule has 0 fully saturated rings. The molecule has 3 aromatic rings. The Hall–Kier alpha value is -3.55. The number of rotatable bonds is 7. The van der Waals surface area contributed by atoms with Crippen LogP contribution in [-0.4, -0.2) is 12.6 Å². The number of nitrogens with zero attached hydrogens (tertiary/aromatic N) is 1. The maximum absolute atomic E-state index is 12.2. The van der Waals surface area contributed by atoms with E-state index in [-0.39, 0.29) is 12.4 Å². The number of allylic oxidation sites excluding steroid dienone is 1. The lowest BCUT2D eigenvalue weighted by molar-refractivity contribution is -0.133. The second-order valence-electron chi connectivity index (χ2n) is 6.47. The van der Waals surface area contributed by atoms with Gasteiger partial charge in [-0.05, 0) is 66.1 Å². The molecule has 0 radical (unpaired) electrons. The Morgan fingerprint density at radius 3 is 2.20 bits per heavy atom. The molecule has 3 aromatic carbocycles. The van der Waals surface area contributed by atoms with Crippen LogP contribution in [0.15, 0.2) is 72.8 Å². The van der Waals surface area contributed by atoms with Gasteiger partial charge in [0, 0.05) is 5.02 Å². The van der Waals surface area contributed by atoms with Crippen LogP contribution in [0.3, 0.4) is 0 Å². The lowest BCUT2D eigenvalue weighted by Gasteiger charge is -2.07. The monoisotopic (exact) mass is 417 g/mol. The number of hydrogen-bond acceptors (Lipinski definition) is 4. The van der Waals surface area contributed by atoms with Crippen molar-refractivity contribution in [2.45, 2.75) is 13.3 Å². The molecule has 5 heteroatoms. The van der Waals surface area contributed by atoms with Crippen molar-refractivity contribution in [3.63, 3.8) is 0 Å². The summed E-state index contributed by atoms with van der Waals surface area (Å²) in [6, 6.07) is 23.7. The Morgan fingerprint density at radius 2 is 1.60 bits per heavy atom. The fourth-order valence-electron chi connectivity index (χ4n) is 2.81. The molecule has 0 atom stereocenters. The number of nitriles is 1. The van der Waals surface area contributed by atoms with Crippen molar-refractivity contribution >= 4 is 29.2 Å². The average Bonchev–Trinajstić information content (AvgIpc) is 2.75. The highest BCUT2D eigenvalue weighted by Crippen LogP contribution is 2.22. The normalized spacial score (nSPS) is 10.9. The van der Waals surface area contributed by atoms with E-state index in [2.05, 4.69) is 6.07 Å². The maximum Gasteiger partial charge on any atom is 0.315 e. The Morgan fingerprint density at radius 1 is 0.967 bits per heavy atom. The van der Waals surface area contributed by atoms with Crippen molar-refractivity contribution in [2.24, 2.45) is 0 Å². The third-order valence-electron chi connectivity index (χ3n) is 4.28. The van der Waals surface area contributed by atoms with Gasteiger partial charge in [-0.1, -0.05) is 48.0 Å². The van der Waals surface area contributed by atoms with Crippen LogP contribution in [0.4, 0.5) is 0 Å². The smallest absolute Gasteiger partial charge is 0.315 e. The Labute approximate surface area is 180 Å². The highest BCUT2D eigenvalue weighted by molar-refractivity contribution is 6.30. The molecule has 0 saturated heterocycles. The minimum absolute atomic E-state index is 0.170. The van der Waals surface area contributed by atoms with E-state index in [4.69, 9.17) is 21.1 Å². The first-order valence-electron chi connectivity index (χ1n) is 9.47. The van der Waals surface area contributed by atoms with Crippen LogP contribution < -0.4 is 9.47 Å². The number of carbonyl (C=O) groups is 1. The van der Waals surface area contributed by atoms with E-state index < -0.39 is 0 Å². The molecule has 0 aliphatic carbocycles. The van der Waals surface area contributed by atoms with Gasteiger partial charge in [-0.25, -0.2) is 0 Å². The van der Waals surface area contributed by atoms with Gasteiger partial charge in [0.1, 0.15) is 11.5 Å². The van der Waals surface area contributed by atoms with E-state index in [1.54, 1.807) is 54.6 Å². The molecule has 0 saturated carbocycles. The van der Waals surface area contributed by atoms with Gasteiger partial charge >= 0.3 is 5.97 Å². The zero-order valence-corrected chi connectivity index (χ0v) is 17.2. The molecule has 0 aromatic heterocycles. The van der Waals surface area contributed by atoms with Crippen LogP contribution in [-0.2, 0) is 11.2 Å². The van der Waals surface area contributed by atoms with Gasteiger partial charge in [-0.15, -0.1) is 0 Å². The van der Waals surface area contributed by atoms with Crippen molar-refractivity contribution in [3.8, 4) is 17.6 Å². The first kappa shape index (κ1) is 21.2. The second-order valence-corrected chi connectivity index (χ2v) is 6.91. The van der Waals surface area contributed by atoms with Crippen LogP contribution in [0.1, 0.15) is 23.6 Å². The molecule has 150 valence electrons. The molecule has 0 bridgehead atoms. The van der Waals surface area contributed by atoms with Crippen LogP contribution in [0.2, 0.25) is 5.02 Å². The standard InChI is InChI=1S/C25H20ClNO3/c1-2-29-23-11-3-19(4-12-23)16-25(28)30-24-13-5-18(6-14-24)15-21(17-27)20-7-9-22(26)10-8-20/h3-15H,2,16H2,1H3/b21-15-. The van der Waals surface area contributed by atoms with Gasteiger partial charge in [0.2, 0.25) is 0 Å². The van der Waals surface area contributed by atoms with Crippen LogP contribution >= 0.6 is 11.6 Å². The predicted molar refractivity (Wildman–Crippen MR) is 118 cm³/mol. The van der Waals surface area contributed by atoms with Gasteiger partial charge in [0.25, 0.3) is 0 Å². The Kier molecular flexibility index (Phi) is 7.26. The maximum atomic E-state index is 12.2. The van der Waals surface area contributed by atoms with E-state index in [1.807, 2.05) is 31.2 Å². The fraction of sp³-hybridized carbons (Fsp3) is 0.120. The summed E-state index contributed by atoms with van der Waals surface area (Å²) in [5.41, 5.74) is 2.98. The van der Waals surface area contributed by atoms with Gasteiger partial charge in [0.15, 0.2) is 0 Å². The van der Waals surface area contributed by atoms with Crippen molar-refractivity contribution in [2.75, 3.05) is 6.61 Å². The lowest BCUT2D eigenvalue weighted by atomic mass is 10.0. The molecule has 0 aliphatic heterocycles. The number of benzene rings is 3. The summed E-state index contributed by atoms with van der Waals surface area (Å²) in [5.74, 6) is 0.878. The summed E-state index contributed by atoms with van der Waals surface area (Å²) in [7, 11) is 0. The van der Waals surface area contributed by atoms with Crippen LogP contribution in [0.25, 0.3) is 11.6 Å². The fourth-order valence-corrected chi connectivity index (χ4v) is 2.94. The highest BCUT2D eigenvalue weighted by atomic mass is 35.5. The zero-order chi connectivity index (χ0) is 21.3. The molecule has 0 N–H and O–H groups in total. The molecule has 0 spiro atoms. The summed E-state index contributed by atoms with van der Waals surface area (Å²) < 4.78 is 10.8. The predicted octanol–water partition coefficient (Wildman–Crippen LogP) is 5.95. The molecule has 3 rings (SSSR count).